The van der Waals surface area contributed by atoms with Gasteiger partial charge in [0.15, 0.2) is 12.4 Å². The van der Waals surface area contributed by atoms with Crippen LogP contribution in [0.5, 0.6) is 0 Å². The molecule has 2 N–H and O–H groups in total. The van der Waals surface area contributed by atoms with E-state index in [-0.39, 0.29) is 11.8 Å². The summed E-state index contributed by atoms with van der Waals surface area (Å²) in [5.41, 5.74) is 3.38. The molecular formula is C25H24FIN3O+. The molecule has 2 amide bonds. The molecule has 0 unspecified atom stereocenters. The number of anilines is 1. The van der Waals surface area contributed by atoms with Gasteiger partial charge in [0, 0.05) is 45.0 Å². The molecule has 0 saturated heterocycles. The third-order valence-corrected chi connectivity index (χ3v) is 5.45. The first-order valence-electron chi connectivity index (χ1n) is 10.1. The van der Waals surface area contributed by atoms with E-state index in [1.165, 1.54) is 17.7 Å². The first-order valence-corrected chi connectivity index (χ1v) is 11.2. The van der Waals surface area contributed by atoms with Gasteiger partial charge in [-0.25, -0.2) is 13.8 Å². The van der Waals surface area contributed by atoms with Gasteiger partial charge in [-0.15, -0.1) is 0 Å². The second kappa shape index (κ2) is 11.5. The van der Waals surface area contributed by atoms with Gasteiger partial charge in [0.25, 0.3) is 0 Å². The molecule has 0 aliphatic rings. The van der Waals surface area contributed by atoms with E-state index in [1.54, 1.807) is 12.1 Å². The minimum absolute atomic E-state index is 0.254. The number of rotatable bonds is 6. The molecule has 1 heterocycles. The zero-order valence-corrected chi connectivity index (χ0v) is 19.4. The Morgan fingerprint density at radius 1 is 1.13 bits per heavy atom. The van der Waals surface area contributed by atoms with Gasteiger partial charge >= 0.3 is 6.03 Å². The van der Waals surface area contributed by atoms with E-state index in [9.17, 15) is 9.18 Å². The summed E-state index contributed by atoms with van der Waals surface area (Å²) in [4.78, 5) is 12.3. The van der Waals surface area contributed by atoms with E-state index in [1.807, 2.05) is 24.3 Å². The summed E-state index contributed by atoms with van der Waals surface area (Å²) in [5, 5.41) is 5.75. The van der Waals surface area contributed by atoms with Crippen molar-refractivity contribution >= 4 is 34.3 Å². The second-order valence-electron chi connectivity index (χ2n) is 7.03. The number of amides is 2. The first-order chi connectivity index (χ1) is 15.0. The summed E-state index contributed by atoms with van der Waals surface area (Å²) in [6.45, 7) is 3.68. The maximum absolute atomic E-state index is 13.0. The van der Waals surface area contributed by atoms with Crippen molar-refractivity contribution in [3.05, 3.63) is 93.1 Å². The molecule has 0 aliphatic carbocycles. The SMILES string of the molecule is CCC[n+]1cccc(CCNC(=O)Nc2ccc(I)c(C#Cc3ccc(F)cc3)c2)c1. The Hall–Kier alpha value is -2.92. The molecule has 3 aromatic rings. The quantitative estimate of drug-likeness (QED) is 0.267. The van der Waals surface area contributed by atoms with E-state index in [0.29, 0.717) is 12.2 Å². The Labute approximate surface area is 196 Å². The van der Waals surface area contributed by atoms with Crippen molar-refractivity contribution in [2.75, 3.05) is 11.9 Å². The number of nitrogens with one attached hydrogen (secondary N) is 2. The Kier molecular flexibility index (Phi) is 8.42. The molecule has 0 spiro atoms. The zero-order valence-electron chi connectivity index (χ0n) is 17.3. The number of benzene rings is 2. The molecule has 0 radical (unpaired) electrons. The fraction of sp³-hybridized carbons (Fsp3) is 0.200. The standard InChI is InChI=1S/C25H23FIN3O/c1-2-15-30-16-3-4-20(18-30)13-14-28-25(31)29-23-11-12-24(27)21(17-23)8-5-19-6-9-22(26)10-7-19/h3-4,6-7,9-12,16-18H,2,13-15H2,1H3,(H-,28,29,31)/p+1. The normalized spacial score (nSPS) is 10.2. The average Bonchev–Trinajstić information content (AvgIpc) is 2.76. The Morgan fingerprint density at radius 3 is 2.71 bits per heavy atom. The van der Waals surface area contributed by atoms with Crippen LogP contribution < -0.4 is 15.2 Å². The average molecular weight is 528 g/mol. The highest BCUT2D eigenvalue weighted by molar-refractivity contribution is 14.1. The largest absolute Gasteiger partial charge is 0.338 e. The molecule has 0 atom stereocenters. The van der Waals surface area contributed by atoms with Crippen LogP contribution in [0, 0.1) is 21.2 Å². The zero-order chi connectivity index (χ0) is 22.1. The molecule has 3 rings (SSSR count). The van der Waals surface area contributed by atoms with E-state index in [4.69, 9.17) is 0 Å². The number of halogens is 2. The van der Waals surface area contributed by atoms with Crippen molar-refractivity contribution in [1.82, 2.24) is 5.32 Å². The van der Waals surface area contributed by atoms with Crippen LogP contribution in [0.3, 0.4) is 0 Å². The minimum atomic E-state index is -0.287. The molecule has 1 aromatic heterocycles. The molecule has 2 aromatic carbocycles. The van der Waals surface area contributed by atoms with Gasteiger partial charge in [-0.05, 0) is 77.5 Å². The summed E-state index contributed by atoms with van der Waals surface area (Å²) < 4.78 is 16.2. The van der Waals surface area contributed by atoms with Gasteiger partial charge in [0.1, 0.15) is 12.4 Å². The highest BCUT2D eigenvalue weighted by Crippen LogP contribution is 2.17. The van der Waals surface area contributed by atoms with Gasteiger partial charge in [0.2, 0.25) is 0 Å². The van der Waals surface area contributed by atoms with Gasteiger partial charge in [-0.3, -0.25) is 0 Å². The molecule has 158 valence electrons. The maximum atomic E-state index is 13.0. The smallest absolute Gasteiger partial charge is 0.319 e. The van der Waals surface area contributed by atoms with Crippen molar-refractivity contribution in [2.45, 2.75) is 26.3 Å². The van der Waals surface area contributed by atoms with Crippen molar-refractivity contribution < 1.29 is 13.8 Å². The monoisotopic (exact) mass is 528 g/mol. The van der Waals surface area contributed by atoms with E-state index < -0.39 is 0 Å². The van der Waals surface area contributed by atoms with E-state index >= 15 is 0 Å². The number of hydrogen-bond acceptors (Lipinski definition) is 1. The third-order valence-electron chi connectivity index (χ3n) is 4.51. The lowest BCUT2D eigenvalue weighted by atomic mass is 10.1. The number of pyridine rings is 1. The fourth-order valence-electron chi connectivity index (χ4n) is 2.99. The molecule has 31 heavy (non-hydrogen) atoms. The van der Waals surface area contributed by atoms with Crippen LogP contribution >= 0.6 is 22.6 Å². The molecule has 4 nitrogen and oxygen atoms in total. The number of carbonyl (C=O) groups is 1. The lowest BCUT2D eigenvalue weighted by Gasteiger charge is -2.08. The van der Waals surface area contributed by atoms with Gasteiger partial charge in [0.05, 0.1) is 0 Å². The Bertz CT molecular complexity index is 1100. The Balaban J connectivity index is 1.56. The van der Waals surface area contributed by atoms with Gasteiger partial charge in [-0.1, -0.05) is 18.8 Å². The summed E-state index contributed by atoms with van der Waals surface area (Å²) in [7, 11) is 0. The lowest BCUT2D eigenvalue weighted by molar-refractivity contribution is -0.697. The molecular weight excluding hydrogens is 504 g/mol. The van der Waals surface area contributed by atoms with Gasteiger partial charge < -0.3 is 10.6 Å². The Morgan fingerprint density at radius 2 is 1.94 bits per heavy atom. The van der Waals surface area contributed by atoms with Crippen molar-refractivity contribution in [3.8, 4) is 11.8 Å². The topological polar surface area (TPSA) is 45.0 Å². The highest BCUT2D eigenvalue weighted by Gasteiger charge is 2.06. The maximum Gasteiger partial charge on any atom is 0.319 e. The number of hydrogen-bond donors (Lipinski definition) is 2. The number of nitrogens with zero attached hydrogens (tertiary/aromatic N) is 1. The summed E-state index contributed by atoms with van der Waals surface area (Å²) in [6, 6.07) is 15.5. The first kappa shape index (κ1) is 22.8. The number of aryl methyl sites for hydroxylation is 1. The lowest BCUT2D eigenvalue weighted by Crippen LogP contribution is -2.34. The van der Waals surface area contributed by atoms with Crippen molar-refractivity contribution in [1.29, 1.82) is 0 Å². The van der Waals surface area contributed by atoms with Crippen LogP contribution in [-0.4, -0.2) is 12.6 Å². The number of aromatic nitrogens is 1. The van der Waals surface area contributed by atoms with Crippen LogP contribution in [0.4, 0.5) is 14.9 Å². The number of carbonyl (C=O) groups excluding carboxylic acids is 1. The van der Waals surface area contributed by atoms with Crippen LogP contribution in [0.25, 0.3) is 0 Å². The third kappa shape index (κ3) is 7.37. The van der Waals surface area contributed by atoms with E-state index in [2.05, 4.69) is 75.0 Å². The van der Waals surface area contributed by atoms with Crippen LogP contribution in [-0.2, 0) is 13.0 Å². The summed E-state index contributed by atoms with van der Waals surface area (Å²) in [6.07, 6.45) is 6.02. The number of urea groups is 1. The summed E-state index contributed by atoms with van der Waals surface area (Å²) in [5.74, 6) is 5.83. The second-order valence-corrected chi connectivity index (χ2v) is 8.19. The molecule has 0 aliphatic heterocycles. The van der Waals surface area contributed by atoms with Gasteiger partial charge in [-0.2, -0.15) is 0 Å². The molecule has 0 saturated carbocycles. The van der Waals surface area contributed by atoms with E-state index in [0.717, 1.165) is 34.1 Å². The van der Waals surface area contributed by atoms with Crippen LogP contribution in [0.2, 0.25) is 0 Å². The summed E-state index contributed by atoms with van der Waals surface area (Å²) >= 11 is 2.20. The fourth-order valence-corrected chi connectivity index (χ4v) is 3.46. The molecule has 0 fully saturated rings. The van der Waals surface area contributed by atoms with Crippen molar-refractivity contribution in [3.63, 3.8) is 0 Å². The van der Waals surface area contributed by atoms with Crippen molar-refractivity contribution in [2.24, 2.45) is 0 Å². The predicted octanol–water partition coefficient (Wildman–Crippen LogP) is 4.89. The van der Waals surface area contributed by atoms with Crippen LogP contribution in [0.15, 0.2) is 67.0 Å². The molecule has 6 heteroatoms. The molecule has 0 bridgehead atoms. The minimum Gasteiger partial charge on any atom is -0.338 e. The van der Waals surface area contributed by atoms with Crippen LogP contribution in [0.1, 0.15) is 30.0 Å². The predicted molar refractivity (Wildman–Crippen MR) is 129 cm³/mol. The highest BCUT2D eigenvalue weighted by atomic mass is 127.